The highest BCUT2D eigenvalue weighted by Gasteiger charge is 2.15. The SMILES string of the molecule is COc1ccc(NC(=O)c2ccc(=O)oc2)c(C(=O)O)c1. The fourth-order valence-corrected chi connectivity index (χ4v) is 1.62. The maximum atomic E-state index is 12.0. The largest absolute Gasteiger partial charge is 0.497 e. The van der Waals surface area contributed by atoms with Crippen molar-refractivity contribution in [2.75, 3.05) is 12.4 Å². The first kappa shape index (κ1) is 14.3. The van der Waals surface area contributed by atoms with Gasteiger partial charge in [-0.3, -0.25) is 4.79 Å². The second kappa shape index (κ2) is 5.91. The minimum atomic E-state index is -1.20. The molecule has 0 atom stereocenters. The summed E-state index contributed by atoms with van der Waals surface area (Å²) >= 11 is 0. The number of ether oxygens (including phenoxy) is 1. The van der Waals surface area contributed by atoms with Crippen molar-refractivity contribution in [3.8, 4) is 5.75 Å². The highest BCUT2D eigenvalue weighted by molar-refractivity contribution is 6.07. The molecular weight excluding hydrogens is 278 g/mol. The van der Waals surface area contributed by atoms with Crippen molar-refractivity contribution in [1.29, 1.82) is 0 Å². The van der Waals surface area contributed by atoms with E-state index in [1.165, 1.54) is 31.4 Å². The Kier molecular flexibility index (Phi) is 4.03. The van der Waals surface area contributed by atoms with E-state index >= 15 is 0 Å². The molecule has 7 nitrogen and oxygen atoms in total. The number of hydrogen-bond donors (Lipinski definition) is 2. The van der Waals surface area contributed by atoms with Gasteiger partial charge in [-0.1, -0.05) is 0 Å². The monoisotopic (exact) mass is 289 g/mol. The quantitative estimate of drug-likeness (QED) is 0.885. The highest BCUT2D eigenvalue weighted by atomic mass is 16.5. The van der Waals surface area contributed by atoms with E-state index in [0.717, 1.165) is 12.3 Å². The third-order valence-corrected chi connectivity index (χ3v) is 2.67. The Hall–Kier alpha value is -3.09. The maximum Gasteiger partial charge on any atom is 0.337 e. The van der Waals surface area contributed by atoms with E-state index in [1.807, 2.05) is 0 Å². The molecule has 0 aliphatic heterocycles. The van der Waals surface area contributed by atoms with Gasteiger partial charge in [-0.15, -0.1) is 0 Å². The van der Waals surface area contributed by atoms with Gasteiger partial charge < -0.3 is 19.6 Å². The zero-order valence-electron chi connectivity index (χ0n) is 11.0. The van der Waals surface area contributed by atoms with Gasteiger partial charge >= 0.3 is 11.6 Å². The first-order chi connectivity index (χ1) is 10.0. The lowest BCUT2D eigenvalue weighted by Crippen LogP contribution is -2.15. The molecule has 2 rings (SSSR count). The van der Waals surface area contributed by atoms with Crippen molar-refractivity contribution in [3.63, 3.8) is 0 Å². The Morgan fingerprint density at radius 2 is 2.00 bits per heavy atom. The molecule has 1 amide bonds. The van der Waals surface area contributed by atoms with Crippen LogP contribution in [-0.2, 0) is 0 Å². The number of carbonyl (C=O) groups is 2. The second-order valence-corrected chi connectivity index (χ2v) is 4.01. The van der Waals surface area contributed by atoms with Crippen molar-refractivity contribution in [3.05, 3.63) is 58.1 Å². The van der Waals surface area contributed by atoms with E-state index in [9.17, 15) is 14.4 Å². The van der Waals surface area contributed by atoms with Gasteiger partial charge in [0, 0.05) is 6.07 Å². The molecule has 108 valence electrons. The first-order valence-corrected chi connectivity index (χ1v) is 5.83. The van der Waals surface area contributed by atoms with Crippen LogP contribution in [0, 0.1) is 0 Å². The van der Waals surface area contributed by atoms with Gasteiger partial charge in [-0.05, 0) is 24.3 Å². The summed E-state index contributed by atoms with van der Waals surface area (Å²) in [5.74, 6) is -1.44. The topological polar surface area (TPSA) is 106 Å². The number of rotatable bonds is 4. The second-order valence-electron chi connectivity index (χ2n) is 4.01. The van der Waals surface area contributed by atoms with Crippen molar-refractivity contribution < 1.29 is 23.8 Å². The molecule has 2 N–H and O–H groups in total. The summed E-state index contributed by atoms with van der Waals surface area (Å²) in [6.07, 6.45) is 1.00. The third-order valence-electron chi connectivity index (χ3n) is 2.67. The third kappa shape index (κ3) is 3.27. The molecule has 21 heavy (non-hydrogen) atoms. The van der Waals surface area contributed by atoms with Gasteiger partial charge in [0.05, 0.1) is 23.9 Å². The predicted molar refractivity (Wildman–Crippen MR) is 72.9 cm³/mol. The summed E-state index contributed by atoms with van der Waals surface area (Å²) in [6.45, 7) is 0. The van der Waals surface area contributed by atoms with Crippen LogP contribution in [0.25, 0.3) is 0 Å². The van der Waals surface area contributed by atoms with Crippen molar-refractivity contribution >= 4 is 17.6 Å². The van der Waals surface area contributed by atoms with E-state index < -0.39 is 17.5 Å². The molecule has 0 saturated heterocycles. The van der Waals surface area contributed by atoms with E-state index in [4.69, 9.17) is 9.84 Å². The number of carboxylic acid groups (broad SMARTS) is 1. The Labute approximate surface area is 118 Å². The van der Waals surface area contributed by atoms with Gasteiger partial charge in [0.1, 0.15) is 12.0 Å². The number of hydrogen-bond acceptors (Lipinski definition) is 5. The van der Waals surface area contributed by atoms with Crippen LogP contribution in [0.3, 0.4) is 0 Å². The molecule has 0 aliphatic carbocycles. The Morgan fingerprint density at radius 1 is 1.24 bits per heavy atom. The number of methoxy groups -OCH3 is 1. The standard InChI is InChI=1S/C14H11NO6/c1-20-9-3-4-11(10(6-9)14(18)19)15-13(17)8-2-5-12(16)21-7-8/h2-7H,1H3,(H,15,17)(H,18,19). The van der Waals surface area contributed by atoms with Crippen LogP contribution in [0.2, 0.25) is 0 Å². The number of nitrogens with one attached hydrogen (secondary N) is 1. The number of amides is 1. The normalized spacial score (nSPS) is 9.95. The van der Waals surface area contributed by atoms with Crippen molar-refractivity contribution in [2.24, 2.45) is 0 Å². The van der Waals surface area contributed by atoms with Crippen LogP contribution < -0.4 is 15.7 Å². The van der Waals surface area contributed by atoms with Crippen LogP contribution in [0.4, 0.5) is 5.69 Å². The molecule has 1 aromatic heterocycles. The van der Waals surface area contributed by atoms with Gasteiger partial charge in [-0.25, -0.2) is 9.59 Å². The molecule has 0 spiro atoms. The number of anilines is 1. The lowest BCUT2D eigenvalue weighted by molar-refractivity contribution is 0.0697. The summed E-state index contributed by atoms with van der Waals surface area (Å²) in [6, 6.07) is 6.61. The van der Waals surface area contributed by atoms with E-state index in [0.29, 0.717) is 5.75 Å². The average Bonchev–Trinajstić information content (AvgIpc) is 2.48. The van der Waals surface area contributed by atoms with Crippen LogP contribution in [0.5, 0.6) is 5.75 Å². The van der Waals surface area contributed by atoms with Crippen molar-refractivity contribution in [1.82, 2.24) is 0 Å². The predicted octanol–water partition coefficient (Wildman–Crippen LogP) is 1.60. The van der Waals surface area contributed by atoms with Gasteiger partial charge in [0.15, 0.2) is 0 Å². The van der Waals surface area contributed by atoms with Gasteiger partial charge in [0.2, 0.25) is 0 Å². The molecule has 0 aliphatic rings. The molecule has 7 heteroatoms. The molecule has 1 heterocycles. The smallest absolute Gasteiger partial charge is 0.337 e. The Bertz CT molecular complexity index is 729. The molecule has 0 bridgehead atoms. The Balaban J connectivity index is 2.30. The van der Waals surface area contributed by atoms with E-state index in [-0.39, 0.29) is 16.8 Å². The molecule has 0 saturated carbocycles. The minimum Gasteiger partial charge on any atom is -0.497 e. The molecule has 0 unspecified atom stereocenters. The van der Waals surface area contributed by atoms with E-state index in [1.54, 1.807) is 0 Å². The van der Waals surface area contributed by atoms with Crippen LogP contribution in [0.1, 0.15) is 20.7 Å². The van der Waals surface area contributed by atoms with Gasteiger partial charge in [-0.2, -0.15) is 0 Å². The molecule has 0 radical (unpaired) electrons. The lowest BCUT2D eigenvalue weighted by Gasteiger charge is -2.09. The first-order valence-electron chi connectivity index (χ1n) is 5.83. The lowest BCUT2D eigenvalue weighted by atomic mass is 10.1. The van der Waals surface area contributed by atoms with Gasteiger partial charge in [0.25, 0.3) is 5.91 Å². The molecule has 0 fully saturated rings. The fourth-order valence-electron chi connectivity index (χ4n) is 1.62. The number of carboxylic acids is 1. The zero-order valence-corrected chi connectivity index (χ0v) is 11.0. The number of aromatic carboxylic acids is 1. The average molecular weight is 289 g/mol. The molecule has 1 aromatic carbocycles. The van der Waals surface area contributed by atoms with E-state index in [2.05, 4.69) is 9.73 Å². The van der Waals surface area contributed by atoms with Crippen LogP contribution >= 0.6 is 0 Å². The summed E-state index contributed by atoms with van der Waals surface area (Å²) in [4.78, 5) is 34.0. The number of benzene rings is 1. The zero-order chi connectivity index (χ0) is 15.4. The highest BCUT2D eigenvalue weighted by Crippen LogP contribution is 2.22. The van der Waals surface area contributed by atoms with Crippen LogP contribution in [-0.4, -0.2) is 24.1 Å². The van der Waals surface area contributed by atoms with Crippen molar-refractivity contribution in [2.45, 2.75) is 0 Å². The Morgan fingerprint density at radius 3 is 2.57 bits per heavy atom. The fraction of sp³-hybridized carbons (Fsp3) is 0.0714. The molecular formula is C14H11NO6. The summed E-state index contributed by atoms with van der Waals surface area (Å²) in [7, 11) is 1.41. The molecule has 2 aromatic rings. The minimum absolute atomic E-state index is 0.0988. The van der Waals surface area contributed by atoms with Crippen LogP contribution in [0.15, 0.2) is 45.8 Å². The maximum absolute atomic E-state index is 12.0. The summed E-state index contributed by atoms with van der Waals surface area (Å²) in [5, 5.41) is 11.6. The summed E-state index contributed by atoms with van der Waals surface area (Å²) in [5.41, 5.74) is -0.483. The number of carbonyl (C=O) groups excluding carboxylic acids is 1. The summed E-state index contributed by atoms with van der Waals surface area (Å²) < 4.78 is 9.52.